The van der Waals surface area contributed by atoms with Gasteiger partial charge < -0.3 is 24.8 Å². The number of para-hydroxylation sites is 1. The Kier molecular flexibility index (Phi) is 7.95. The van der Waals surface area contributed by atoms with Crippen LogP contribution in [-0.4, -0.2) is 39.5 Å². The van der Waals surface area contributed by atoms with Gasteiger partial charge in [0.05, 0.1) is 18.8 Å². The molecule has 0 unspecified atom stereocenters. The fourth-order valence-corrected chi connectivity index (χ4v) is 2.60. The zero-order valence-corrected chi connectivity index (χ0v) is 16.4. The molecule has 2 amide bonds. The number of methoxy groups -OCH3 is 1. The molecular formula is C21H28N2O4. The molecule has 0 fully saturated rings. The molecule has 0 aromatic heterocycles. The van der Waals surface area contributed by atoms with Crippen molar-refractivity contribution in [2.75, 3.05) is 38.8 Å². The molecule has 0 atom stereocenters. The molecule has 2 N–H and O–H groups in total. The molecule has 0 aliphatic rings. The number of carbonyl (C=O) groups excluding carboxylic acids is 1. The highest BCUT2D eigenvalue weighted by Crippen LogP contribution is 2.25. The molecule has 0 radical (unpaired) electrons. The maximum absolute atomic E-state index is 12.2. The topological polar surface area (TPSA) is 68.8 Å². The first-order valence-electron chi connectivity index (χ1n) is 8.97. The molecule has 0 saturated carbocycles. The summed E-state index contributed by atoms with van der Waals surface area (Å²) in [5.41, 5.74) is 3.83. The number of nitrogens with one attached hydrogen (secondary N) is 2. The summed E-state index contributed by atoms with van der Waals surface area (Å²) >= 11 is 0. The van der Waals surface area contributed by atoms with Crippen molar-refractivity contribution in [3.8, 4) is 11.5 Å². The monoisotopic (exact) mass is 372 g/mol. The minimum atomic E-state index is -0.305. The standard InChI is InChI=1S/C21H28N2O4/c1-15-8-9-18(19(14-15)26-13-12-25-4)23-21(24)22-10-11-27-20-16(2)6-5-7-17(20)3/h5-9,14H,10-13H2,1-4H3,(H2,22,23,24). The van der Waals surface area contributed by atoms with Gasteiger partial charge in [0.2, 0.25) is 0 Å². The van der Waals surface area contributed by atoms with Crippen LogP contribution >= 0.6 is 0 Å². The van der Waals surface area contributed by atoms with E-state index in [1.54, 1.807) is 7.11 Å². The average molecular weight is 372 g/mol. The molecule has 2 rings (SSSR count). The van der Waals surface area contributed by atoms with Gasteiger partial charge in [-0.25, -0.2) is 4.79 Å². The Bertz CT molecular complexity index is 742. The van der Waals surface area contributed by atoms with Crippen LogP contribution in [0.15, 0.2) is 36.4 Å². The summed E-state index contributed by atoms with van der Waals surface area (Å²) in [7, 11) is 1.62. The van der Waals surface area contributed by atoms with Crippen LogP contribution in [0.25, 0.3) is 0 Å². The molecule has 2 aromatic carbocycles. The lowest BCUT2D eigenvalue weighted by Crippen LogP contribution is -2.32. The van der Waals surface area contributed by atoms with E-state index in [1.807, 2.05) is 57.2 Å². The van der Waals surface area contributed by atoms with E-state index in [4.69, 9.17) is 14.2 Å². The Hall–Kier alpha value is -2.73. The van der Waals surface area contributed by atoms with Crippen molar-refractivity contribution in [3.63, 3.8) is 0 Å². The smallest absolute Gasteiger partial charge is 0.319 e. The van der Waals surface area contributed by atoms with E-state index in [-0.39, 0.29) is 6.03 Å². The van der Waals surface area contributed by atoms with Crippen LogP contribution in [0.5, 0.6) is 11.5 Å². The summed E-state index contributed by atoms with van der Waals surface area (Å²) in [5, 5.41) is 5.61. The summed E-state index contributed by atoms with van der Waals surface area (Å²) in [4.78, 5) is 12.2. The van der Waals surface area contributed by atoms with Gasteiger partial charge in [-0.3, -0.25) is 0 Å². The third-order valence-electron chi connectivity index (χ3n) is 3.97. The minimum Gasteiger partial charge on any atom is -0.491 e. The average Bonchev–Trinajstić information content (AvgIpc) is 2.63. The number of ether oxygens (including phenoxy) is 3. The lowest BCUT2D eigenvalue weighted by atomic mass is 10.1. The molecule has 0 saturated heterocycles. The first kappa shape index (κ1) is 20.6. The minimum absolute atomic E-state index is 0.305. The number of hydrogen-bond donors (Lipinski definition) is 2. The molecule has 0 spiro atoms. The van der Waals surface area contributed by atoms with Crippen LogP contribution in [-0.2, 0) is 4.74 Å². The molecule has 0 aliphatic carbocycles. The molecule has 0 aliphatic heterocycles. The second kappa shape index (κ2) is 10.4. The number of anilines is 1. The first-order valence-corrected chi connectivity index (χ1v) is 8.97. The van der Waals surface area contributed by atoms with Crippen LogP contribution in [0.3, 0.4) is 0 Å². The summed E-state index contributed by atoms with van der Waals surface area (Å²) in [6, 6.07) is 11.3. The van der Waals surface area contributed by atoms with E-state index in [0.717, 1.165) is 22.4 Å². The molecule has 146 valence electrons. The van der Waals surface area contributed by atoms with Crippen LogP contribution in [0.1, 0.15) is 16.7 Å². The van der Waals surface area contributed by atoms with Crippen LogP contribution < -0.4 is 20.1 Å². The van der Waals surface area contributed by atoms with E-state index in [1.165, 1.54) is 0 Å². The number of hydrogen-bond acceptors (Lipinski definition) is 4. The summed E-state index contributed by atoms with van der Waals surface area (Å²) < 4.78 is 16.5. The van der Waals surface area contributed by atoms with Crippen molar-refractivity contribution in [2.24, 2.45) is 0 Å². The zero-order chi connectivity index (χ0) is 19.6. The number of benzene rings is 2. The Labute approximate surface area is 160 Å². The highest BCUT2D eigenvalue weighted by molar-refractivity contribution is 5.90. The molecule has 0 bridgehead atoms. The normalized spacial score (nSPS) is 10.4. The largest absolute Gasteiger partial charge is 0.491 e. The summed E-state index contributed by atoms with van der Waals surface area (Å²) in [6.45, 7) is 7.67. The number of carbonyl (C=O) groups is 1. The number of amides is 2. The van der Waals surface area contributed by atoms with E-state index >= 15 is 0 Å². The van der Waals surface area contributed by atoms with Gasteiger partial charge in [-0.05, 0) is 49.6 Å². The quantitative estimate of drug-likeness (QED) is 0.656. The Balaban J connectivity index is 1.83. The summed E-state index contributed by atoms with van der Waals surface area (Å²) in [6.07, 6.45) is 0. The number of rotatable bonds is 9. The SMILES string of the molecule is COCCOc1cc(C)ccc1NC(=O)NCCOc1c(C)cccc1C. The second-order valence-corrected chi connectivity index (χ2v) is 6.29. The predicted molar refractivity (Wildman–Crippen MR) is 107 cm³/mol. The van der Waals surface area contributed by atoms with Crippen LogP contribution in [0.2, 0.25) is 0 Å². The molecule has 2 aromatic rings. The van der Waals surface area contributed by atoms with Gasteiger partial charge in [0.15, 0.2) is 0 Å². The molecule has 6 heteroatoms. The fraction of sp³-hybridized carbons (Fsp3) is 0.381. The predicted octanol–water partition coefficient (Wildman–Crippen LogP) is 3.84. The van der Waals surface area contributed by atoms with Gasteiger partial charge in [0.1, 0.15) is 24.7 Å². The third-order valence-corrected chi connectivity index (χ3v) is 3.97. The van der Waals surface area contributed by atoms with Crippen molar-refractivity contribution < 1.29 is 19.0 Å². The van der Waals surface area contributed by atoms with Crippen LogP contribution in [0, 0.1) is 20.8 Å². The molecule has 6 nitrogen and oxygen atoms in total. The zero-order valence-electron chi connectivity index (χ0n) is 16.4. The first-order chi connectivity index (χ1) is 13.0. The molecular weight excluding hydrogens is 344 g/mol. The van der Waals surface area contributed by atoms with Gasteiger partial charge in [-0.1, -0.05) is 24.3 Å². The Morgan fingerprint density at radius 2 is 1.70 bits per heavy atom. The highest BCUT2D eigenvalue weighted by atomic mass is 16.5. The highest BCUT2D eigenvalue weighted by Gasteiger charge is 2.09. The Morgan fingerprint density at radius 1 is 0.963 bits per heavy atom. The fourth-order valence-electron chi connectivity index (χ4n) is 2.60. The molecule has 27 heavy (non-hydrogen) atoms. The third kappa shape index (κ3) is 6.49. The van der Waals surface area contributed by atoms with Crippen LogP contribution in [0.4, 0.5) is 10.5 Å². The van der Waals surface area contributed by atoms with Gasteiger partial charge >= 0.3 is 6.03 Å². The summed E-state index contributed by atoms with van der Waals surface area (Å²) in [5.74, 6) is 1.49. The van der Waals surface area contributed by atoms with Crippen molar-refractivity contribution in [1.82, 2.24) is 5.32 Å². The lowest BCUT2D eigenvalue weighted by molar-refractivity contribution is 0.146. The van der Waals surface area contributed by atoms with Gasteiger partial charge in [-0.2, -0.15) is 0 Å². The number of aryl methyl sites for hydroxylation is 3. The van der Waals surface area contributed by atoms with E-state index < -0.39 is 0 Å². The van der Waals surface area contributed by atoms with Gasteiger partial charge in [0, 0.05) is 7.11 Å². The Morgan fingerprint density at radius 3 is 2.41 bits per heavy atom. The van der Waals surface area contributed by atoms with E-state index in [2.05, 4.69) is 10.6 Å². The number of urea groups is 1. The second-order valence-electron chi connectivity index (χ2n) is 6.29. The maximum atomic E-state index is 12.2. The van der Waals surface area contributed by atoms with E-state index in [9.17, 15) is 4.79 Å². The maximum Gasteiger partial charge on any atom is 0.319 e. The van der Waals surface area contributed by atoms with Crippen molar-refractivity contribution in [3.05, 3.63) is 53.1 Å². The molecule has 0 heterocycles. The van der Waals surface area contributed by atoms with Gasteiger partial charge in [0.25, 0.3) is 0 Å². The van der Waals surface area contributed by atoms with Crippen molar-refractivity contribution >= 4 is 11.7 Å². The van der Waals surface area contributed by atoms with Gasteiger partial charge in [-0.15, -0.1) is 0 Å². The van der Waals surface area contributed by atoms with Crippen molar-refractivity contribution in [1.29, 1.82) is 0 Å². The van der Waals surface area contributed by atoms with E-state index in [0.29, 0.717) is 37.8 Å². The lowest BCUT2D eigenvalue weighted by Gasteiger charge is -2.15. The van der Waals surface area contributed by atoms with Crippen molar-refractivity contribution in [2.45, 2.75) is 20.8 Å².